The lowest BCUT2D eigenvalue weighted by Crippen LogP contribution is -2.34. The summed E-state index contributed by atoms with van der Waals surface area (Å²) >= 11 is 0. The fourth-order valence-electron chi connectivity index (χ4n) is 3.59. The second kappa shape index (κ2) is 5.52. The SMILES string of the molecule is CC1(C)O[C@@H]2[C@H](O1)[C@@H](CN)O[C@H]2n1cc(C(F)(F)F)c2c(N)ncnc21. The third-order valence-electron chi connectivity index (χ3n) is 4.58. The quantitative estimate of drug-likeness (QED) is 0.819. The highest BCUT2D eigenvalue weighted by Crippen LogP contribution is 2.45. The molecule has 0 aromatic carbocycles. The Kier molecular flexibility index (Phi) is 3.71. The van der Waals surface area contributed by atoms with Crippen LogP contribution in [0.5, 0.6) is 0 Å². The summed E-state index contributed by atoms with van der Waals surface area (Å²) in [6.45, 7) is 3.59. The van der Waals surface area contributed by atoms with Gasteiger partial charge in [-0.05, 0) is 13.8 Å². The lowest BCUT2D eigenvalue weighted by molar-refractivity contribution is -0.195. The number of nitrogens with two attached hydrogens (primary N) is 2. The Labute approximate surface area is 146 Å². The smallest absolute Gasteiger partial charge is 0.383 e. The first kappa shape index (κ1) is 17.5. The van der Waals surface area contributed by atoms with Gasteiger partial charge >= 0.3 is 6.18 Å². The molecule has 4 N–H and O–H groups in total. The minimum Gasteiger partial charge on any atom is -0.383 e. The summed E-state index contributed by atoms with van der Waals surface area (Å²) in [5, 5.41) is -0.269. The molecule has 2 aromatic rings. The molecule has 0 amide bonds. The molecule has 0 aliphatic carbocycles. The van der Waals surface area contributed by atoms with Crippen LogP contribution in [0.4, 0.5) is 19.0 Å². The van der Waals surface area contributed by atoms with Crippen molar-refractivity contribution in [2.24, 2.45) is 5.73 Å². The fourth-order valence-corrected chi connectivity index (χ4v) is 3.59. The van der Waals surface area contributed by atoms with Crippen LogP contribution in [0.15, 0.2) is 12.5 Å². The molecular weight excluding hydrogens is 355 g/mol. The normalized spacial score (nSPS) is 30.8. The van der Waals surface area contributed by atoms with Crippen molar-refractivity contribution in [1.29, 1.82) is 0 Å². The predicted molar refractivity (Wildman–Crippen MR) is 83.7 cm³/mol. The number of rotatable bonds is 2. The number of hydrogen-bond acceptors (Lipinski definition) is 7. The predicted octanol–water partition coefficient (Wildman–Crippen LogP) is 1.41. The molecule has 2 saturated heterocycles. The molecule has 2 aliphatic rings. The van der Waals surface area contributed by atoms with E-state index in [9.17, 15) is 13.2 Å². The number of nitrogens with zero attached hydrogens (tertiary/aromatic N) is 3. The van der Waals surface area contributed by atoms with Gasteiger partial charge in [0.15, 0.2) is 12.0 Å². The highest BCUT2D eigenvalue weighted by atomic mass is 19.4. The van der Waals surface area contributed by atoms with Crippen LogP contribution < -0.4 is 11.5 Å². The van der Waals surface area contributed by atoms with E-state index < -0.39 is 42.1 Å². The van der Waals surface area contributed by atoms with Crippen molar-refractivity contribution < 1.29 is 27.4 Å². The molecule has 4 atom stereocenters. The maximum atomic E-state index is 13.5. The van der Waals surface area contributed by atoms with Crippen LogP contribution in [0.3, 0.4) is 0 Å². The molecule has 0 spiro atoms. The van der Waals surface area contributed by atoms with E-state index in [4.69, 9.17) is 25.7 Å². The van der Waals surface area contributed by atoms with Crippen molar-refractivity contribution in [3.8, 4) is 0 Å². The van der Waals surface area contributed by atoms with Crippen LogP contribution in [0.1, 0.15) is 25.6 Å². The number of aromatic nitrogens is 3. The van der Waals surface area contributed by atoms with E-state index in [1.165, 1.54) is 4.57 Å². The first-order valence-corrected chi connectivity index (χ1v) is 8.02. The van der Waals surface area contributed by atoms with Gasteiger partial charge in [-0.3, -0.25) is 0 Å². The topological polar surface area (TPSA) is 110 Å². The molecule has 0 radical (unpaired) electrons. The highest BCUT2D eigenvalue weighted by molar-refractivity contribution is 5.90. The summed E-state index contributed by atoms with van der Waals surface area (Å²) < 4.78 is 59.3. The van der Waals surface area contributed by atoms with Gasteiger partial charge < -0.3 is 30.2 Å². The number of halogens is 3. The Morgan fingerprint density at radius 2 is 1.92 bits per heavy atom. The van der Waals surface area contributed by atoms with Crippen LogP contribution in [0.2, 0.25) is 0 Å². The van der Waals surface area contributed by atoms with Gasteiger partial charge in [0.25, 0.3) is 0 Å². The largest absolute Gasteiger partial charge is 0.418 e. The van der Waals surface area contributed by atoms with Gasteiger partial charge in [-0.25, -0.2) is 9.97 Å². The monoisotopic (exact) mass is 373 g/mol. The standard InChI is InChI=1S/C15H18F3N5O3/c1-14(2)25-9-7(3-19)24-13(10(9)26-14)23-4-6(15(16,17)18)8-11(20)21-5-22-12(8)23/h4-5,7,9-10,13H,3,19H2,1-2H3,(H2,20,21,22)/t7-,9-,10-,13-/m1/s1. The zero-order chi connectivity index (χ0) is 18.9. The summed E-state index contributed by atoms with van der Waals surface area (Å²) in [5.74, 6) is -1.15. The molecule has 4 heterocycles. The van der Waals surface area contributed by atoms with Crippen LogP contribution in [-0.2, 0) is 20.4 Å². The van der Waals surface area contributed by atoms with Crippen LogP contribution in [0.25, 0.3) is 11.0 Å². The van der Waals surface area contributed by atoms with E-state index >= 15 is 0 Å². The summed E-state index contributed by atoms with van der Waals surface area (Å²) in [5.41, 5.74) is 10.5. The first-order valence-electron chi connectivity index (χ1n) is 8.02. The van der Waals surface area contributed by atoms with Gasteiger partial charge in [0.2, 0.25) is 0 Å². The lowest BCUT2D eigenvalue weighted by atomic mass is 10.1. The summed E-state index contributed by atoms with van der Waals surface area (Å²) in [6, 6.07) is 0. The molecule has 2 aliphatic heterocycles. The lowest BCUT2D eigenvalue weighted by Gasteiger charge is -2.24. The Balaban J connectivity index is 1.86. The van der Waals surface area contributed by atoms with E-state index in [1.807, 2.05) is 0 Å². The minimum absolute atomic E-state index is 0.0135. The van der Waals surface area contributed by atoms with Gasteiger partial charge in [0.1, 0.15) is 36.1 Å². The summed E-state index contributed by atoms with van der Waals surface area (Å²) in [4.78, 5) is 7.67. The second-order valence-electron chi connectivity index (χ2n) is 6.77. The van der Waals surface area contributed by atoms with Gasteiger partial charge in [0, 0.05) is 12.7 Å². The highest BCUT2D eigenvalue weighted by Gasteiger charge is 2.56. The van der Waals surface area contributed by atoms with E-state index in [1.54, 1.807) is 13.8 Å². The van der Waals surface area contributed by atoms with E-state index in [0.717, 1.165) is 12.5 Å². The molecule has 142 valence electrons. The number of hydrogen-bond donors (Lipinski definition) is 2. The Morgan fingerprint density at radius 3 is 2.58 bits per heavy atom. The molecule has 4 rings (SSSR count). The summed E-state index contributed by atoms with van der Waals surface area (Å²) in [7, 11) is 0. The van der Waals surface area contributed by atoms with Crippen LogP contribution in [0, 0.1) is 0 Å². The molecule has 8 nitrogen and oxygen atoms in total. The zero-order valence-corrected chi connectivity index (χ0v) is 14.0. The van der Waals surface area contributed by atoms with Crippen molar-refractivity contribution >= 4 is 16.9 Å². The molecule has 2 aromatic heterocycles. The number of alkyl halides is 3. The van der Waals surface area contributed by atoms with Gasteiger partial charge in [-0.15, -0.1) is 0 Å². The number of nitrogen functional groups attached to an aromatic ring is 1. The molecule has 26 heavy (non-hydrogen) atoms. The van der Waals surface area contributed by atoms with E-state index in [2.05, 4.69) is 9.97 Å². The zero-order valence-electron chi connectivity index (χ0n) is 14.0. The van der Waals surface area contributed by atoms with Crippen molar-refractivity contribution in [1.82, 2.24) is 14.5 Å². The van der Waals surface area contributed by atoms with Gasteiger partial charge in [-0.1, -0.05) is 0 Å². The third-order valence-corrected chi connectivity index (χ3v) is 4.58. The van der Waals surface area contributed by atoms with Crippen LogP contribution >= 0.6 is 0 Å². The molecule has 2 fully saturated rings. The number of ether oxygens (including phenoxy) is 3. The molecule has 0 bridgehead atoms. The fraction of sp³-hybridized carbons (Fsp3) is 0.600. The van der Waals surface area contributed by atoms with Crippen molar-refractivity contribution in [2.45, 2.75) is 50.4 Å². The summed E-state index contributed by atoms with van der Waals surface area (Å²) in [6.07, 6.45) is -5.12. The van der Waals surface area contributed by atoms with E-state index in [0.29, 0.717) is 0 Å². The molecular formula is C15H18F3N5O3. The Hall–Kier alpha value is -1.95. The molecule has 0 unspecified atom stereocenters. The Bertz CT molecular complexity index is 853. The maximum absolute atomic E-state index is 13.5. The average Bonchev–Trinajstić information content (AvgIpc) is 3.15. The Morgan fingerprint density at radius 1 is 1.23 bits per heavy atom. The maximum Gasteiger partial charge on any atom is 0.418 e. The first-order chi connectivity index (χ1) is 12.1. The number of anilines is 1. The third kappa shape index (κ3) is 2.54. The van der Waals surface area contributed by atoms with Crippen LogP contribution in [-0.4, -0.2) is 45.2 Å². The van der Waals surface area contributed by atoms with Crippen molar-refractivity contribution in [2.75, 3.05) is 12.3 Å². The second-order valence-corrected chi connectivity index (χ2v) is 6.77. The average molecular weight is 373 g/mol. The van der Waals surface area contributed by atoms with Crippen molar-refractivity contribution in [3.05, 3.63) is 18.1 Å². The minimum atomic E-state index is -4.63. The van der Waals surface area contributed by atoms with Gasteiger partial charge in [0.05, 0.1) is 10.9 Å². The molecule has 11 heteroatoms. The molecule has 0 saturated carbocycles. The van der Waals surface area contributed by atoms with Crippen molar-refractivity contribution in [3.63, 3.8) is 0 Å². The van der Waals surface area contributed by atoms with Gasteiger partial charge in [-0.2, -0.15) is 13.2 Å². The number of fused-ring (bicyclic) bond motifs is 2. The van der Waals surface area contributed by atoms with E-state index in [-0.39, 0.29) is 23.4 Å².